The van der Waals surface area contributed by atoms with Crippen molar-refractivity contribution < 1.29 is 9.84 Å². The Labute approximate surface area is 336 Å². The summed E-state index contributed by atoms with van der Waals surface area (Å²) >= 11 is 0. The van der Waals surface area contributed by atoms with Gasteiger partial charge in [0.05, 0.1) is 0 Å². The molecule has 0 spiro atoms. The molecule has 278 valence electrons. The molecule has 1 fully saturated rings. The Morgan fingerprint density at radius 3 is 1.23 bits per heavy atom. The Morgan fingerprint density at radius 1 is 0.518 bits per heavy atom. The number of rotatable bonds is 14. The molecule has 0 unspecified atom stereocenters. The van der Waals surface area contributed by atoms with E-state index in [1.165, 1.54) is 21.2 Å². The maximum absolute atomic E-state index is 12.8. The fraction of sp³-hybridized carbons (Fsp3) is 0.176. The van der Waals surface area contributed by atoms with E-state index in [4.69, 9.17) is 4.74 Å². The maximum Gasteiger partial charge on any atom is 0.143 e. The molecular weight excluding hydrogens is 717 g/mol. The summed E-state index contributed by atoms with van der Waals surface area (Å²) < 4.78 is 7.43. The van der Waals surface area contributed by atoms with Crippen LogP contribution in [-0.4, -0.2) is 36.9 Å². The van der Waals surface area contributed by atoms with Crippen LogP contribution in [0.1, 0.15) is 29.5 Å². The zero-order chi connectivity index (χ0) is 38.2. The Bertz CT molecular complexity index is 2050. The van der Waals surface area contributed by atoms with Crippen molar-refractivity contribution >= 4 is 44.9 Å². The smallest absolute Gasteiger partial charge is 0.143 e. The van der Waals surface area contributed by atoms with Gasteiger partial charge in [0.15, 0.2) is 0 Å². The Balaban J connectivity index is 1.22. The van der Waals surface area contributed by atoms with E-state index in [1.54, 1.807) is 0 Å². The van der Waals surface area contributed by atoms with Gasteiger partial charge in [-0.25, -0.2) is 0 Å². The average Bonchev–Trinajstić information content (AvgIpc) is 3.51. The van der Waals surface area contributed by atoms with Gasteiger partial charge in [-0.3, -0.25) is 0 Å². The quantitative estimate of drug-likeness (QED) is 0.0681. The first-order valence-electron chi connectivity index (χ1n) is 19.8. The normalized spacial score (nSPS) is 19.7. The highest BCUT2D eigenvalue weighted by Gasteiger charge is 2.53. The van der Waals surface area contributed by atoms with Crippen molar-refractivity contribution in [2.75, 3.05) is 12.8 Å². The summed E-state index contributed by atoms with van der Waals surface area (Å²) in [6.07, 6.45) is 2.47. The molecule has 0 aliphatic heterocycles. The molecule has 4 atom stereocenters. The standard InChI is InChI=1S/C51H49BO2P2/c52-50(53)38-49(56(45-32-18-6-19-33-45)46-34-20-7-21-35-46)47(39-55(43-28-14-4-15-29-43)44-30-16-5-17-31-44)48(50)36-37-54-51(40-22-8-1-9-23-40,41-24-10-2-11-25-41)42-26-12-3-13-27-42/h1-35,47-49,53H,36-39,52H2/t47-,48+,49+,50+/m0/s1. The van der Waals surface area contributed by atoms with Gasteiger partial charge in [0, 0.05) is 12.1 Å². The van der Waals surface area contributed by atoms with E-state index in [0.29, 0.717) is 6.61 Å². The van der Waals surface area contributed by atoms with E-state index < -0.39 is 26.9 Å². The van der Waals surface area contributed by atoms with E-state index in [9.17, 15) is 5.11 Å². The highest BCUT2D eigenvalue weighted by Crippen LogP contribution is 2.58. The largest absolute Gasteiger partial charge is 0.399 e. The Morgan fingerprint density at radius 2 is 0.857 bits per heavy atom. The van der Waals surface area contributed by atoms with Crippen LogP contribution in [0.3, 0.4) is 0 Å². The molecule has 1 aliphatic carbocycles. The van der Waals surface area contributed by atoms with Crippen LogP contribution >= 0.6 is 15.8 Å². The molecule has 0 saturated heterocycles. The van der Waals surface area contributed by atoms with Crippen molar-refractivity contribution in [1.82, 2.24) is 0 Å². The molecule has 1 N–H and O–H groups in total. The summed E-state index contributed by atoms with van der Waals surface area (Å²) in [4.78, 5) is 0. The molecule has 1 aliphatic rings. The lowest BCUT2D eigenvalue weighted by molar-refractivity contribution is -0.0126. The molecule has 5 heteroatoms. The minimum absolute atomic E-state index is 0.0161. The summed E-state index contributed by atoms with van der Waals surface area (Å²) in [7, 11) is 0.624. The van der Waals surface area contributed by atoms with Crippen molar-refractivity contribution in [2.45, 2.75) is 29.6 Å². The van der Waals surface area contributed by atoms with E-state index >= 15 is 0 Å². The number of hydrogen-bond acceptors (Lipinski definition) is 2. The molecular formula is C51H49BO2P2. The zero-order valence-corrected chi connectivity index (χ0v) is 33.8. The van der Waals surface area contributed by atoms with Crippen LogP contribution in [0.25, 0.3) is 0 Å². The first kappa shape index (κ1) is 38.3. The number of aliphatic hydroxyl groups is 1. The van der Waals surface area contributed by atoms with Gasteiger partial charge in [0.25, 0.3) is 0 Å². The van der Waals surface area contributed by atoms with E-state index in [1.807, 2.05) is 0 Å². The minimum Gasteiger partial charge on any atom is -0.399 e. The second-order valence-corrected chi connectivity index (χ2v) is 19.8. The topological polar surface area (TPSA) is 29.5 Å². The van der Waals surface area contributed by atoms with Gasteiger partial charge >= 0.3 is 0 Å². The predicted molar refractivity (Wildman–Crippen MR) is 242 cm³/mol. The highest BCUT2D eigenvalue weighted by atomic mass is 31.1. The van der Waals surface area contributed by atoms with Crippen molar-refractivity contribution in [1.29, 1.82) is 0 Å². The summed E-state index contributed by atoms with van der Waals surface area (Å²) in [6.45, 7) is 0.492. The van der Waals surface area contributed by atoms with Gasteiger partial charge < -0.3 is 9.84 Å². The number of benzene rings is 7. The van der Waals surface area contributed by atoms with Gasteiger partial charge in [0.2, 0.25) is 0 Å². The lowest BCUT2D eigenvalue weighted by Gasteiger charge is -2.38. The van der Waals surface area contributed by atoms with Gasteiger partial charge in [-0.05, 0) is 90.3 Å². The number of ether oxygens (including phenoxy) is 1. The summed E-state index contributed by atoms with van der Waals surface area (Å²) in [5.41, 5.74) is 1.86. The Hall–Kier alpha value is -4.62. The molecule has 0 heterocycles. The van der Waals surface area contributed by atoms with Crippen LogP contribution in [0.5, 0.6) is 0 Å². The van der Waals surface area contributed by atoms with Gasteiger partial charge in [0.1, 0.15) is 13.4 Å². The third-order valence-corrected chi connectivity index (χ3v) is 17.2. The first-order chi connectivity index (χ1) is 27.5. The van der Waals surface area contributed by atoms with Gasteiger partial charge in [-0.15, -0.1) is 0 Å². The molecule has 7 aromatic carbocycles. The van der Waals surface area contributed by atoms with E-state index in [-0.39, 0.29) is 17.5 Å². The lowest BCUT2D eigenvalue weighted by atomic mass is 9.70. The lowest BCUT2D eigenvalue weighted by Crippen LogP contribution is -2.39. The molecule has 0 aromatic heterocycles. The summed E-state index contributed by atoms with van der Waals surface area (Å²) in [5.74, 6) is 0.258. The van der Waals surface area contributed by atoms with E-state index in [0.717, 1.165) is 35.7 Å². The molecule has 0 radical (unpaired) electrons. The van der Waals surface area contributed by atoms with Crippen molar-refractivity contribution in [3.05, 3.63) is 229 Å². The second kappa shape index (κ2) is 17.7. The molecule has 0 bridgehead atoms. The highest BCUT2D eigenvalue weighted by molar-refractivity contribution is 7.74. The van der Waals surface area contributed by atoms with Crippen LogP contribution < -0.4 is 21.2 Å². The summed E-state index contributed by atoms with van der Waals surface area (Å²) in [6, 6.07) is 76.3. The van der Waals surface area contributed by atoms with Crippen molar-refractivity contribution in [3.63, 3.8) is 0 Å². The molecule has 1 saturated carbocycles. The van der Waals surface area contributed by atoms with Gasteiger partial charge in [-0.2, -0.15) is 0 Å². The van der Waals surface area contributed by atoms with Crippen molar-refractivity contribution in [2.24, 2.45) is 11.8 Å². The molecule has 0 amide bonds. The average molecular weight is 767 g/mol. The second-order valence-electron chi connectivity index (χ2n) is 15.1. The molecule has 8 rings (SSSR count). The predicted octanol–water partition coefficient (Wildman–Crippen LogP) is 8.98. The first-order valence-corrected chi connectivity index (χ1v) is 22.8. The summed E-state index contributed by atoms with van der Waals surface area (Å²) in [5, 5.41) is 18.3. The minimum atomic E-state index is -0.883. The van der Waals surface area contributed by atoms with Crippen molar-refractivity contribution in [3.8, 4) is 0 Å². The fourth-order valence-electron chi connectivity index (χ4n) is 9.12. The third kappa shape index (κ3) is 8.11. The maximum atomic E-state index is 12.8. The molecule has 2 nitrogen and oxygen atoms in total. The van der Waals surface area contributed by atoms with Crippen LogP contribution in [0, 0.1) is 11.8 Å². The number of hydrogen-bond donors (Lipinski definition) is 1. The third-order valence-electron chi connectivity index (χ3n) is 11.7. The monoisotopic (exact) mass is 766 g/mol. The zero-order valence-electron chi connectivity index (χ0n) is 32.0. The molecule has 56 heavy (non-hydrogen) atoms. The van der Waals surface area contributed by atoms with E-state index in [2.05, 4.69) is 220 Å². The van der Waals surface area contributed by atoms with Crippen LogP contribution in [0.2, 0.25) is 0 Å². The SMILES string of the molecule is B[C@@]1(O)C[C@@H](P(c2ccccc2)c2ccccc2)[C@@H](CP(c2ccccc2)c2ccccc2)[C@H]1CCOC(c1ccccc1)(c1ccccc1)c1ccccc1. The van der Waals surface area contributed by atoms with Crippen LogP contribution in [0.15, 0.2) is 212 Å². The van der Waals surface area contributed by atoms with Gasteiger partial charge in [-0.1, -0.05) is 212 Å². The fourth-order valence-corrected chi connectivity index (χ4v) is 15.3. The Kier molecular flexibility index (Phi) is 12.1. The molecule has 7 aromatic rings. The van der Waals surface area contributed by atoms with Crippen LogP contribution in [0.4, 0.5) is 0 Å². The van der Waals surface area contributed by atoms with Crippen LogP contribution in [-0.2, 0) is 10.3 Å².